The molecular formula is C75H127NO18. The summed E-state index contributed by atoms with van der Waals surface area (Å²) in [6.45, 7) is 1.60. The molecule has 540 valence electrons. The average Bonchev–Trinajstić information content (AvgIpc) is 0.787. The summed E-state index contributed by atoms with van der Waals surface area (Å²) in [5.41, 5.74) is 0. The van der Waals surface area contributed by atoms with Crippen LogP contribution in [0.5, 0.6) is 0 Å². The zero-order valence-corrected chi connectivity index (χ0v) is 57.1. The van der Waals surface area contributed by atoms with Crippen LogP contribution < -0.4 is 5.32 Å². The Balaban J connectivity index is 1.40. The van der Waals surface area contributed by atoms with Crippen LogP contribution in [0.15, 0.2) is 109 Å². The van der Waals surface area contributed by atoms with Gasteiger partial charge in [0, 0.05) is 6.42 Å². The Morgan fingerprint density at radius 2 is 0.734 bits per heavy atom. The van der Waals surface area contributed by atoms with E-state index < -0.39 is 124 Å². The Morgan fingerprint density at radius 3 is 1.15 bits per heavy atom. The molecule has 0 radical (unpaired) electrons. The molecule has 0 saturated carbocycles. The molecule has 17 atom stereocenters. The molecule has 3 rings (SSSR count). The lowest BCUT2D eigenvalue weighted by molar-refractivity contribution is -0.379. The molecule has 0 spiro atoms. The first-order chi connectivity index (χ1) is 45.8. The van der Waals surface area contributed by atoms with Crippen molar-refractivity contribution in [2.45, 2.75) is 330 Å². The van der Waals surface area contributed by atoms with E-state index in [-0.39, 0.29) is 18.9 Å². The van der Waals surface area contributed by atoms with Crippen molar-refractivity contribution >= 4 is 5.91 Å². The normalized spacial score (nSPS) is 28.0. The van der Waals surface area contributed by atoms with Crippen molar-refractivity contribution in [3.8, 4) is 0 Å². The molecule has 19 heteroatoms. The van der Waals surface area contributed by atoms with Crippen LogP contribution in [-0.2, 0) is 33.2 Å². The van der Waals surface area contributed by atoms with Gasteiger partial charge in [-0.3, -0.25) is 4.79 Å². The van der Waals surface area contributed by atoms with Gasteiger partial charge in [-0.15, -0.1) is 0 Å². The lowest BCUT2D eigenvalue weighted by atomic mass is 9.96. The standard InChI is InChI=1S/C75H127NO18/c1-3-5-7-9-11-13-15-17-19-21-22-23-24-25-26-27-28-29-30-31-32-33-34-35-36-37-39-41-43-45-47-49-51-53-63(81)76-58(59(80)52-50-48-46-44-42-40-38-20-18-16-14-12-10-8-6-4-2)57-89-73-69(87)66(84)71(61(55-78)91-73)94-75-70(88)67(85)72(62(56-79)92-75)93-74-68(86)65(83)64(82)60(54-77)90-74/h5,7,11,13,17,19,22-23,25-26,28-29,31-32,34-35,50,52,58-62,64-75,77-80,82-88H,3-4,6,8-10,12,14-16,18,20-21,24,27,30,33,36-49,51,53-57H2,1-2H3,(H,76,81)/b7-5-,13-11-,19-17-,23-22-,26-25-,29-28-,32-31-,35-34-,52-50+. The molecule has 94 heavy (non-hydrogen) atoms. The molecule has 0 bridgehead atoms. The second kappa shape index (κ2) is 55.3. The Morgan fingerprint density at radius 1 is 0.394 bits per heavy atom. The van der Waals surface area contributed by atoms with Crippen LogP contribution in [0.1, 0.15) is 226 Å². The largest absolute Gasteiger partial charge is 0.394 e. The van der Waals surface area contributed by atoms with Crippen LogP contribution in [0, 0.1) is 0 Å². The predicted molar refractivity (Wildman–Crippen MR) is 369 cm³/mol. The summed E-state index contributed by atoms with van der Waals surface area (Å²) in [7, 11) is 0. The van der Waals surface area contributed by atoms with Gasteiger partial charge in [0.15, 0.2) is 18.9 Å². The van der Waals surface area contributed by atoms with Gasteiger partial charge in [-0.1, -0.05) is 245 Å². The number of amides is 1. The zero-order chi connectivity index (χ0) is 68.2. The van der Waals surface area contributed by atoms with Crippen molar-refractivity contribution in [3.05, 3.63) is 109 Å². The third-order valence-electron chi connectivity index (χ3n) is 17.3. The minimum Gasteiger partial charge on any atom is -0.394 e. The van der Waals surface area contributed by atoms with E-state index in [9.17, 15) is 61.0 Å². The summed E-state index contributed by atoms with van der Waals surface area (Å²) in [4.78, 5) is 13.4. The van der Waals surface area contributed by atoms with Crippen molar-refractivity contribution < 1.29 is 89.4 Å². The lowest BCUT2D eigenvalue weighted by Gasteiger charge is -2.48. The van der Waals surface area contributed by atoms with Crippen LogP contribution in [0.25, 0.3) is 0 Å². The van der Waals surface area contributed by atoms with E-state index in [1.165, 1.54) is 83.5 Å². The fourth-order valence-electron chi connectivity index (χ4n) is 11.5. The maximum atomic E-state index is 13.4. The smallest absolute Gasteiger partial charge is 0.220 e. The SMILES string of the molecule is CC/C=C\C/C=C\C/C=C\C/C=C\C/C=C\C/C=C\C/C=C\C/C=C\CCCCCCCCCCC(=O)NC(COC1OC(CO)C(OC2OC(CO)C(OC3OC(CO)C(O)C(O)C3O)C(O)C2O)C(O)C1O)C(O)/C=C/CCCCCCCCCCCCCCCC. The number of hydrogen-bond donors (Lipinski definition) is 12. The second-order valence-corrected chi connectivity index (χ2v) is 25.3. The highest BCUT2D eigenvalue weighted by molar-refractivity contribution is 5.76. The average molecular weight is 1330 g/mol. The van der Waals surface area contributed by atoms with Gasteiger partial charge in [0.1, 0.15) is 73.2 Å². The van der Waals surface area contributed by atoms with Crippen molar-refractivity contribution in [3.63, 3.8) is 0 Å². The summed E-state index contributed by atoms with van der Waals surface area (Å²) in [5, 5.41) is 121. The number of aliphatic hydroxyl groups excluding tert-OH is 11. The van der Waals surface area contributed by atoms with Crippen LogP contribution >= 0.6 is 0 Å². The van der Waals surface area contributed by atoms with Gasteiger partial charge in [0.05, 0.1) is 38.6 Å². The van der Waals surface area contributed by atoms with E-state index in [1.54, 1.807) is 6.08 Å². The number of ether oxygens (including phenoxy) is 6. The van der Waals surface area contributed by atoms with Crippen molar-refractivity contribution in [1.82, 2.24) is 5.32 Å². The summed E-state index contributed by atoms with van der Waals surface area (Å²) >= 11 is 0. The molecule has 17 unspecified atom stereocenters. The predicted octanol–water partition coefficient (Wildman–Crippen LogP) is 10.2. The van der Waals surface area contributed by atoms with Gasteiger partial charge < -0.3 is 89.9 Å². The van der Waals surface area contributed by atoms with E-state index >= 15 is 0 Å². The number of carbonyl (C=O) groups excluding carboxylic acids is 1. The molecule has 12 N–H and O–H groups in total. The molecule has 3 fully saturated rings. The third kappa shape index (κ3) is 36.3. The maximum Gasteiger partial charge on any atom is 0.220 e. The first kappa shape index (κ1) is 84.7. The number of unbranched alkanes of at least 4 members (excludes halogenated alkanes) is 22. The fraction of sp³-hybridized carbons (Fsp3) is 0.747. The van der Waals surface area contributed by atoms with E-state index in [4.69, 9.17) is 28.4 Å². The quantitative estimate of drug-likeness (QED) is 0.0199. The molecule has 3 aliphatic heterocycles. The number of hydrogen-bond acceptors (Lipinski definition) is 18. The molecular weight excluding hydrogens is 1200 g/mol. The van der Waals surface area contributed by atoms with Crippen molar-refractivity contribution in [2.75, 3.05) is 26.4 Å². The molecule has 0 aliphatic carbocycles. The number of nitrogens with one attached hydrogen (secondary N) is 1. The van der Waals surface area contributed by atoms with Gasteiger partial charge in [-0.05, 0) is 83.5 Å². The van der Waals surface area contributed by atoms with Crippen molar-refractivity contribution in [1.29, 1.82) is 0 Å². The molecule has 3 heterocycles. The maximum absolute atomic E-state index is 13.4. The highest BCUT2D eigenvalue weighted by atomic mass is 16.8. The summed E-state index contributed by atoms with van der Waals surface area (Å²) < 4.78 is 34.3. The van der Waals surface area contributed by atoms with Gasteiger partial charge in [-0.25, -0.2) is 0 Å². The third-order valence-corrected chi connectivity index (χ3v) is 17.3. The molecule has 1 amide bonds. The fourth-order valence-corrected chi connectivity index (χ4v) is 11.5. The highest BCUT2D eigenvalue weighted by Crippen LogP contribution is 2.33. The zero-order valence-electron chi connectivity index (χ0n) is 57.1. The summed E-state index contributed by atoms with van der Waals surface area (Å²) in [6.07, 6.45) is 47.7. The van der Waals surface area contributed by atoms with Crippen LogP contribution in [0.2, 0.25) is 0 Å². The van der Waals surface area contributed by atoms with Gasteiger partial charge >= 0.3 is 0 Å². The summed E-state index contributed by atoms with van der Waals surface area (Å²) in [5.74, 6) is -0.288. The van der Waals surface area contributed by atoms with E-state index in [1.807, 2.05) is 6.08 Å². The van der Waals surface area contributed by atoms with Crippen LogP contribution in [0.4, 0.5) is 0 Å². The molecule has 3 aliphatic rings. The molecule has 19 nitrogen and oxygen atoms in total. The first-order valence-electron chi connectivity index (χ1n) is 36.1. The number of carbonyl (C=O) groups is 1. The topological polar surface area (TPSA) is 307 Å². The number of aliphatic hydroxyl groups is 11. The van der Waals surface area contributed by atoms with Crippen LogP contribution in [-0.4, -0.2) is 193 Å². The molecule has 0 aromatic heterocycles. The molecule has 0 aromatic carbocycles. The van der Waals surface area contributed by atoms with Gasteiger partial charge in [-0.2, -0.15) is 0 Å². The Labute approximate surface area is 564 Å². The summed E-state index contributed by atoms with van der Waals surface area (Å²) in [6, 6.07) is -0.985. The van der Waals surface area contributed by atoms with Gasteiger partial charge in [0.2, 0.25) is 5.91 Å². The van der Waals surface area contributed by atoms with E-state index in [0.717, 1.165) is 116 Å². The second-order valence-electron chi connectivity index (χ2n) is 25.3. The Bertz CT molecular complexity index is 2130. The van der Waals surface area contributed by atoms with E-state index in [2.05, 4.69) is 116 Å². The van der Waals surface area contributed by atoms with E-state index in [0.29, 0.717) is 6.42 Å². The van der Waals surface area contributed by atoms with Crippen molar-refractivity contribution in [2.24, 2.45) is 0 Å². The van der Waals surface area contributed by atoms with Gasteiger partial charge in [0.25, 0.3) is 0 Å². The molecule has 0 aromatic rings. The first-order valence-corrected chi connectivity index (χ1v) is 36.1. The monoisotopic (exact) mass is 1330 g/mol. The Kier molecular flexibility index (Phi) is 49.9. The minimum atomic E-state index is -1.98. The number of rotatable bonds is 54. The lowest BCUT2D eigenvalue weighted by Crippen LogP contribution is -2.66. The minimum absolute atomic E-state index is 0.227. The highest BCUT2D eigenvalue weighted by Gasteiger charge is 2.53. The number of allylic oxidation sites excluding steroid dienone is 17. The van der Waals surface area contributed by atoms with Crippen LogP contribution in [0.3, 0.4) is 0 Å². The Hall–Kier alpha value is -3.55. The molecule has 3 saturated heterocycles.